The second-order valence-electron chi connectivity index (χ2n) is 3.98. The summed E-state index contributed by atoms with van der Waals surface area (Å²) in [5.74, 6) is -0.0893. The summed E-state index contributed by atoms with van der Waals surface area (Å²) in [6, 6.07) is 2.46. The van der Waals surface area contributed by atoms with E-state index in [9.17, 15) is 4.79 Å². The number of alkyl halides is 1. The molecule has 1 aliphatic heterocycles. The molecular formula is C11H15ClN2OS. The van der Waals surface area contributed by atoms with Gasteiger partial charge in [-0.05, 0) is 36.9 Å². The molecule has 0 bridgehead atoms. The SMILES string of the molecule is CC(NC(=O)CCl)C1NCCc2ccsc21. The second kappa shape index (κ2) is 5.17. The van der Waals surface area contributed by atoms with E-state index in [-0.39, 0.29) is 23.9 Å². The molecule has 0 saturated heterocycles. The number of nitrogens with one attached hydrogen (secondary N) is 2. The number of fused-ring (bicyclic) bond motifs is 1. The van der Waals surface area contributed by atoms with E-state index in [1.807, 2.05) is 6.92 Å². The van der Waals surface area contributed by atoms with Gasteiger partial charge in [-0.25, -0.2) is 0 Å². The lowest BCUT2D eigenvalue weighted by Gasteiger charge is -2.29. The summed E-state index contributed by atoms with van der Waals surface area (Å²) in [5, 5.41) is 8.46. The van der Waals surface area contributed by atoms with Crippen LogP contribution >= 0.6 is 22.9 Å². The first-order valence-electron chi connectivity index (χ1n) is 5.37. The van der Waals surface area contributed by atoms with Gasteiger partial charge < -0.3 is 10.6 Å². The Morgan fingerprint density at radius 1 is 1.81 bits per heavy atom. The van der Waals surface area contributed by atoms with E-state index in [1.54, 1.807) is 11.3 Å². The molecule has 2 heterocycles. The van der Waals surface area contributed by atoms with Crippen molar-refractivity contribution >= 4 is 28.8 Å². The maximum Gasteiger partial charge on any atom is 0.235 e. The molecule has 2 unspecified atom stereocenters. The molecule has 1 aliphatic rings. The van der Waals surface area contributed by atoms with E-state index in [2.05, 4.69) is 22.1 Å². The smallest absolute Gasteiger partial charge is 0.235 e. The molecule has 1 aromatic rings. The van der Waals surface area contributed by atoms with Crippen LogP contribution in [0.5, 0.6) is 0 Å². The van der Waals surface area contributed by atoms with Crippen LogP contribution < -0.4 is 10.6 Å². The largest absolute Gasteiger partial charge is 0.351 e. The first-order chi connectivity index (χ1) is 7.72. The normalized spacial score (nSPS) is 21.2. The fourth-order valence-corrected chi connectivity index (χ4v) is 3.27. The van der Waals surface area contributed by atoms with Gasteiger partial charge in [-0.1, -0.05) is 0 Å². The van der Waals surface area contributed by atoms with Crippen LogP contribution in [0.25, 0.3) is 0 Å². The third-order valence-electron chi connectivity index (χ3n) is 2.83. The van der Waals surface area contributed by atoms with Gasteiger partial charge in [0.15, 0.2) is 0 Å². The van der Waals surface area contributed by atoms with Crippen molar-refractivity contribution < 1.29 is 4.79 Å². The summed E-state index contributed by atoms with van der Waals surface area (Å²) in [6.07, 6.45) is 1.07. The van der Waals surface area contributed by atoms with Crippen LogP contribution in [0.1, 0.15) is 23.4 Å². The second-order valence-corrected chi connectivity index (χ2v) is 5.20. The number of rotatable bonds is 3. The third kappa shape index (κ3) is 2.39. The molecule has 0 aliphatic carbocycles. The fraction of sp³-hybridized carbons (Fsp3) is 0.545. The lowest BCUT2D eigenvalue weighted by molar-refractivity contribution is -0.119. The Morgan fingerprint density at radius 3 is 3.38 bits per heavy atom. The van der Waals surface area contributed by atoms with E-state index in [1.165, 1.54) is 10.4 Å². The van der Waals surface area contributed by atoms with Gasteiger partial charge in [0.05, 0.1) is 6.04 Å². The Morgan fingerprint density at radius 2 is 2.62 bits per heavy atom. The van der Waals surface area contributed by atoms with Crippen molar-refractivity contribution in [1.29, 1.82) is 0 Å². The van der Waals surface area contributed by atoms with Gasteiger partial charge >= 0.3 is 0 Å². The maximum atomic E-state index is 11.2. The Hall–Kier alpha value is -0.580. The summed E-state index contributed by atoms with van der Waals surface area (Å²) < 4.78 is 0. The Labute approximate surface area is 104 Å². The van der Waals surface area contributed by atoms with Gasteiger partial charge in [-0.15, -0.1) is 22.9 Å². The topological polar surface area (TPSA) is 41.1 Å². The van der Waals surface area contributed by atoms with Gasteiger partial charge in [-0.2, -0.15) is 0 Å². The number of carbonyl (C=O) groups excluding carboxylic acids is 1. The van der Waals surface area contributed by atoms with Crippen molar-refractivity contribution in [3.63, 3.8) is 0 Å². The van der Waals surface area contributed by atoms with E-state index < -0.39 is 0 Å². The molecule has 2 atom stereocenters. The van der Waals surface area contributed by atoms with Gasteiger partial charge in [0.25, 0.3) is 0 Å². The van der Waals surface area contributed by atoms with Crippen molar-refractivity contribution in [3.8, 4) is 0 Å². The molecule has 0 spiro atoms. The summed E-state index contributed by atoms with van der Waals surface area (Å²) in [5.41, 5.74) is 1.40. The third-order valence-corrected chi connectivity index (χ3v) is 4.12. The average Bonchev–Trinajstić information content (AvgIpc) is 2.76. The molecule has 0 aromatic carbocycles. The van der Waals surface area contributed by atoms with Crippen LogP contribution in [-0.4, -0.2) is 24.4 Å². The Kier molecular flexibility index (Phi) is 3.84. The molecule has 2 N–H and O–H groups in total. The van der Waals surface area contributed by atoms with Crippen LogP contribution in [-0.2, 0) is 11.2 Å². The number of amides is 1. The molecular weight excluding hydrogens is 244 g/mol. The molecule has 3 nitrogen and oxygen atoms in total. The predicted octanol–water partition coefficient (Wildman–Crippen LogP) is 1.68. The van der Waals surface area contributed by atoms with Crippen LogP contribution in [0.3, 0.4) is 0 Å². The molecule has 0 saturated carbocycles. The summed E-state index contributed by atoms with van der Waals surface area (Å²) in [7, 11) is 0. The van der Waals surface area contributed by atoms with Crippen molar-refractivity contribution in [1.82, 2.24) is 10.6 Å². The Bertz CT molecular complexity index is 380. The summed E-state index contributed by atoms with van der Waals surface area (Å²) in [4.78, 5) is 12.6. The van der Waals surface area contributed by atoms with Gasteiger partial charge in [-0.3, -0.25) is 4.79 Å². The van der Waals surface area contributed by atoms with Crippen LogP contribution in [0.4, 0.5) is 0 Å². The minimum Gasteiger partial charge on any atom is -0.351 e. The molecule has 88 valence electrons. The molecule has 0 radical (unpaired) electrons. The number of thiophene rings is 1. The van der Waals surface area contributed by atoms with E-state index >= 15 is 0 Å². The lowest BCUT2D eigenvalue weighted by Crippen LogP contribution is -2.45. The van der Waals surface area contributed by atoms with Crippen molar-refractivity contribution in [2.75, 3.05) is 12.4 Å². The zero-order valence-electron chi connectivity index (χ0n) is 9.13. The number of carbonyl (C=O) groups is 1. The summed E-state index contributed by atoms with van der Waals surface area (Å²) in [6.45, 7) is 2.98. The number of hydrogen-bond donors (Lipinski definition) is 2. The highest BCUT2D eigenvalue weighted by molar-refractivity contribution is 7.10. The maximum absolute atomic E-state index is 11.2. The van der Waals surface area contributed by atoms with Crippen LogP contribution in [0.2, 0.25) is 0 Å². The zero-order chi connectivity index (χ0) is 11.5. The monoisotopic (exact) mass is 258 g/mol. The van der Waals surface area contributed by atoms with Gasteiger partial charge in [0.2, 0.25) is 5.91 Å². The quantitative estimate of drug-likeness (QED) is 0.810. The minimum atomic E-state index is -0.111. The fourth-order valence-electron chi connectivity index (χ4n) is 2.06. The predicted molar refractivity (Wildman–Crippen MR) is 67.1 cm³/mol. The van der Waals surface area contributed by atoms with E-state index in [0.29, 0.717) is 0 Å². The standard InChI is InChI=1S/C11H15ClN2OS/c1-7(14-9(15)6-12)10-11-8(2-4-13-10)3-5-16-11/h3,5,7,10,13H,2,4,6H2,1H3,(H,14,15). The number of hydrogen-bond acceptors (Lipinski definition) is 3. The van der Waals surface area contributed by atoms with Gasteiger partial charge in [0.1, 0.15) is 5.88 Å². The van der Waals surface area contributed by atoms with Crippen molar-refractivity contribution in [2.45, 2.75) is 25.4 Å². The van der Waals surface area contributed by atoms with Crippen LogP contribution in [0.15, 0.2) is 11.4 Å². The van der Waals surface area contributed by atoms with E-state index in [4.69, 9.17) is 11.6 Å². The molecule has 16 heavy (non-hydrogen) atoms. The first kappa shape index (κ1) is 11.9. The van der Waals surface area contributed by atoms with Gasteiger partial charge in [0, 0.05) is 10.9 Å². The highest BCUT2D eigenvalue weighted by atomic mass is 35.5. The molecule has 1 amide bonds. The first-order valence-corrected chi connectivity index (χ1v) is 6.78. The molecule has 5 heteroatoms. The van der Waals surface area contributed by atoms with Crippen molar-refractivity contribution in [2.24, 2.45) is 0 Å². The zero-order valence-corrected chi connectivity index (χ0v) is 10.7. The van der Waals surface area contributed by atoms with Crippen molar-refractivity contribution in [3.05, 3.63) is 21.9 Å². The van der Waals surface area contributed by atoms with E-state index in [0.717, 1.165) is 13.0 Å². The van der Waals surface area contributed by atoms with Crippen LogP contribution in [0, 0.1) is 0 Å². The average molecular weight is 259 g/mol. The minimum absolute atomic E-state index is 0.0222. The Balaban J connectivity index is 2.09. The number of halogens is 1. The highest BCUT2D eigenvalue weighted by Crippen LogP contribution is 2.30. The summed E-state index contributed by atoms with van der Waals surface area (Å²) >= 11 is 7.23. The molecule has 0 fully saturated rings. The molecule has 2 rings (SSSR count). The highest BCUT2D eigenvalue weighted by Gasteiger charge is 2.26. The lowest BCUT2D eigenvalue weighted by atomic mass is 9.99. The molecule has 1 aromatic heterocycles.